The smallest absolute Gasteiger partial charge is 0.227 e. The highest BCUT2D eigenvalue weighted by Gasteiger charge is 2.33. The van der Waals surface area contributed by atoms with Crippen LogP contribution in [0.4, 0.5) is 5.69 Å². The molecule has 2 aliphatic rings. The Bertz CT molecular complexity index is 599. The van der Waals surface area contributed by atoms with Crippen LogP contribution >= 0.6 is 0 Å². The minimum absolute atomic E-state index is 0.0142. The van der Waals surface area contributed by atoms with Crippen molar-refractivity contribution in [3.63, 3.8) is 0 Å². The number of nitrogens with one attached hydrogen (secondary N) is 1. The summed E-state index contributed by atoms with van der Waals surface area (Å²) < 4.78 is 0. The van der Waals surface area contributed by atoms with Crippen molar-refractivity contribution in [2.45, 2.75) is 46.0 Å². The van der Waals surface area contributed by atoms with Crippen LogP contribution in [-0.4, -0.2) is 29.8 Å². The number of hydrogen-bond donors (Lipinski definition) is 1. The number of carbonyl (C=O) groups excluding carboxylic acids is 2. The van der Waals surface area contributed by atoms with Gasteiger partial charge in [0.1, 0.15) is 0 Å². The van der Waals surface area contributed by atoms with Crippen LogP contribution in [0, 0.1) is 25.7 Å². The third-order valence-electron chi connectivity index (χ3n) is 5.49. The van der Waals surface area contributed by atoms with Crippen molar-refractivity contribution in [3.05, 3.63) is 29.3 Å². The molecule has 1 saturated carbocycles. The van der Waals surface area contributed by atoms with E-state index in [1.54, 1.807) is 0 Å². The average molecular weight is 314 g/mol. The van der Waals surface area contributed by atoms with Gasteiger partial charge in [-0.1, -0.05) is 18.6 Å². The summed E-state index contributed by atoms with van der Waals surface area (Å²) >= 11 is 0. The first kappa shape index (κ1) is 16.0. The maximum atomic E-state index is 12.5. The van der Waals surface area contributed by atoms with Crippen molar-refractivity contribution in [2.75, 3.05) is 18.4 Å². The third-order valence-corrected chi connectivity index (χ3v) is 5.49. The van der Waals surface area contributed by atoms with Crippen LogP contribution in [0.3, 0.4) is 0 Å². The number of likely N-dealkylation sites (tertiary alicyclic amines) is 1. The van der Waals surface area contributed by atoms with Crippen LogP contribution in [0.1, 0.15) is 43.2 Å². The predicted molar refractivity (Wildman–Crippen MR) is 91.2 cm³/mol. The highest BCUT2D eigenvalue weighted by Crippen LogP contribution is 2.30. The molecule has 0 atom stereocenters. The van der Waals surface area contributed by atoms with Gasteiger partial charge in [-0.2, -0.15) is 0 Å². The molecule has 0 radical (unpaired) electrons. The summed E-state index contributed by atoms with van der Waals surface area (Å²) in [4.78, 5) is 26.7. The lowest BCUT2D eigenvalue weighted by Gasteiger charge is -2.36. The Balaban J connectivity index is 1.54. The van der Waals surface area contributed by atoms with Crippen LogP contribution in [0.2, 0.25) is 0 Å². The molecule has 1 N–H and O–H groups in total. The first-order chi connectivity index (χ1) is 11.1. The molecule has 0 aromatic heterocycles. The molecule has 3 rings (SSSR count). The lowest BCUT2D eigenvalue weighted by Crippen LogP contribution is -2.45. The van der Waals surface area contributed by atoms with E-state index in [1.807, 2.05) is 24.0 Å². The Kier molecular flexibility index (Phi) is 4.69. The van der Waals surface area contributed by atoms with Gasteiger partial charge in [-0.25, -0.2) is 0 Å². The van der Waals surface area contributed by atoms with E-state index in [4.69, 9.17) is 0 Å². The molecule has 0 bridgehead atoms. The van der Waals surface area contributed by atoms with Crippen molar-refractivity contribution in [1.82, 2.24) is 4.90 Å². The number of nitrogens with zero attached hydrogens (tertiary/aromatic N) is 1. The Hall–Kier alpha value is -1.84. The first-order valence-electron chi connectivity index (χ1n) is 8.72. The normalized spacial score (nSPS) is 19.3. The van der Waals surface area contributed by atoms with Crippen molar-refractivity contribution in [3.8, 4) is 0 Å². The summed E-state index contributed by atoms with van der Waals surface area (Å²) in [6, 6.07) is 5.98. The molecule has 1 aromatic carbocycles. The second-order valence-corrected chi connectivity index (χ2v) is 6.96. The molecule has 1 heterocycles. The van der Waals surface area contributed by atoms with Crippen LogP contribution < -0.4 is 5.32 Å². The highest BCUT2D eigenvalue weighted by molar-refractivity contribution is 5.93. The molecule has 23 heavy (non-hydrogen) atoms. The number of rotatable bonds is 3. The van der Waals surface area contributed by atoms with Crippen molar-refractivity contribution in [1.29, 1.82) is 0 Å². The SMILES string of the molecule is Cc1cccc(NC(=O)C2CCN(C(=O)C3CCC3)CC2)c1C. The van der Waals surface area contributed by atoms with E-state index in [1.165, 1.54) is 12.0 Å². The number of benzene rings is 1. The maximum absolute atomic E-state index is 12.5. The fourth-order valence-electron chi connectivity index (χ4n) is 3.40. The molecule has 4 heteroatoms. The number of hydrogen-bond acceptors (Lipinski definition) is 2. The van der Waals surface area contributed by atoms with Gasteiger partial charge in [0.15, 0.2) is 0 Å². The monoisotopic (exact) mass is 314 g/mol. The molecule has 0 unspecified atom stereocenters. The number of aryl methyl sites for hydroxylation is 1. The topological polar surface area (TPSA) is 49.4 Å². The molecular formula is C19H26N2O2. The highest BCUT2D eigenvalue weighted by atomic mass is 16.2. The van der Waals surface area contributed by atoms with Crippen molar-refractivity contribution < 1.29 is 9.59 Å². The summed E-state index contributed by atoms with van der Waals surface area (Å²) in [5.74, 6) is 0.676. The van der Waals surface area contributed by atoms with Crippen LogP contribution in [0.15, 0.2) is 18.2 Å². The fourth-order valence-corrected chi connectivity index (χ4v) is 3.40. The molecule has 2 fully saturated rings. The van der Waals surface area contributed by atoms with Gasteiger partial charge in [0.05, 0.1) is 0 Å². The minimum Gasteiger partial charge on any atom is -0.342 e. The number of amides is 2. The average Bonchev–Trinajstić information content (AvgIpc) is 2.50. The molecule has 1 aliphatic carbocycles. The molecule has 1 saturated heterocycles. The zero-order valence-electron chi connectivity index (χ0n) is 14.1. The molecule has 1 aromatic rings. The predicted octanol–water partition coefficient (Wildman–Crippen LogP) is 3.28. The van der Waals surface area contributed by atoms with E-state index in [9.17, 15) is 9.59 Å². The standard InChI is InChI=1S/C19H26N2O2/c1-13-5-3-8-17(14(13)2)20-18(22)15-9-11-21(12-10-15)19(23)16-6-4-7-16/h3,5,8,15-16H,4,6-7,9-12H2,1-2H3,(H,20,22). The fraction of sp³-hybridized carbons (Fsp3) is 0.579. The summed E-state index contributed by atoms with van der Waals surface area (Å²) in [5, 5.41) is 3.07. The van der Waals surface area contributed by atoms with Gasteiger partial charge in [-0.05, 0) is 56.7 Å². The number of anilines is 1. The maximum Gasteiger partial charge on any atom is 0.227 e. The van der Waals surface area contributed by atoms with Crippen molar-refractivity contribution >= 4 is 17.5 Å². The first-order valence-corrected chi connectivity index (χ1v) is 8.72. The van der Waals surface area contributed by atoms with Crippen LogP contribution in [0.5, 0.6) is 0 Å². The molecule has 124 valence electrons. The summed E-state index contributed by atoms with van der Waals surface area (Å²) in [6.45, 7) is 5.53. The van der Waals surface area contributed by atoms with Crippen LogP contribution in [0.25, 0.3) is 0 Å². The van der Waals surface area contributed by atoms with Gasteiger partial charge in [-0.3, -0.25) is 9.59 Å². The largest absolute Gasteiger partial charge is 0.342 e. The molecule has 4 nitrogen and oxygen atoms in total. The van der Waals surface area contributed by atoms with E-state index in [-0.39, 0.29) is 17.7 Å². The summed E-state index contributed by atoms with van der Waals surface area (Å²) in [6.07, 6.45) is 4.83. The second-order valence-electron chi connectivity index (χ2n) is 6.96. The van der Waals surface area contributed by atoms with E-state index in [0.717, 1.165) is 50.0 Å². The van der Waals surface area contributed by atoms with E-state index in [2.05, 4.69) is 18.3 Å². The Labute approximate surface area is 138 Å². The lowest BCUT2D eigenvalue weighted by molar-refractivity contribution is -0.140. The van der Waals surface area contributed by atoms with Gasteiger partial charge < -0.3 is 10.2 Å². The van der Waals surface area contributed by atoms with Gasteiger partial charge >= 0.3 is 0 Å². The zero-order chi connectivity index (χ0) is 16.4. The van der Waals surface area contributed by atoms with Gasteiger partial charge in [0, 0.05) is 30.6 Å². The van der Waals surface area contributed by atoms with E-state index >= 15 is 0 Å². The Morgan fingerprint density at radius 3 is 2.35 bits per heavy atom. The third kappa shape index (κ3) is 3.41. The van der Waals surface area contributed by atoms with Gasteiger partial charge in [0.2, 0.25) is 11.8 Å². The Morgan fingerprint density at radius 1 is 1.04 bits per heavy atom. The second kappa shape index (κ2) is 6.73. The Morgan fingerprint density at radius 2 is 1.74 bits per heavy atom. The molecule has 2 amide bonds. The number of piperidine rings is 1. The summed E-state index contributed by atoms with van der Waals surface area (Å²) in [5.41, 5.74) is 3.21. The van der Waals surface area contributed by atoms with E-state index in [0.29, 0.717) is 5.91 Å². The number of carbonyl (C=O) groups is 2. The quantitative estimate of drug-likeness (QED) is 0.931. The zero-order valence-corrected chi connectivity index (χ0v) is 14.1. The van der Waals surface area contributed by atoms with Gasteiger partial charge in [-0.15, -0.1) is 0 Å². The molecule has 0 spiro atoms. The molecular weight excluding hydrogens is 288 g/mol. The minimum atomic E-state index is 0.0142. The summed E-state index contributed by atoms with van der Waals surface area (Å²) in [7, 11) is 0. The van der Waals surface area contributed by atoms with Crippen molar-refractivity contribution in [2.24, 2.45) is 11.8 Å². The lowest BCUT2D eigenvalue weighted by atomic mass is 9.83. The molecule has 1 aliphatic heterocycles. The van der Waals surface area contributed by atoms with E-state index < -0.39 is 0 Å². The van der Waals surface area contributed by atoms with Crippen LogP contribution in [-0.2, 0) is 9.59 Å². The van der Waals surface area contributed by atoms with Gasteiger partial charge in [0.25, 0.3) is 0 Å².